The van der Waals surface area contributed by atoms with Crippen LogP contribution in [0.15, 0.2) is 3.34 Å². The molecule has 0 aromatic heterocycles. The molecule has 0 aliphatic carbocycles. The van der Waals surface area contributed by atoms with E-state index in [1.165, 1.54) is 0 Å². The second-order valence-electron chi connectivity index (χ2n) is 2.90. The van der Waals surface area contributed by atoms with Crippen molar-refractivity contribution in [1.29, 1.82) is 0 Å². The maximum atomic E-state index is 4.13. The first-order valence-corrected chi connectivity index (χ1v) is 4.83. The molecule has 0 unspecified atom stereocenters. The van der Waals surface area contributed by atoms with Gasteiger partial charge in [0.1, 0.15) is 0 Å². The molecule has 0 fully saturated rings. The van der Waals surface area contributed by atoms with E-state index >= 15 is 0 Å². The molecule has 0 heterocycles. The average molecular weight is 310 g/mol. The fourth-order valence-corrected chi connectivity index (χ4v) is 0. The third kappa shape index (κ3) is 23.6. The van der Waals surface area contributed by atoms with Crippen LogP contribution in [0.2, 0.25) is 0 Å². The molecule has 0 aliphatic rings. The molecule has 0 aliphatic heterocycles. The molecular weight excluding hydrogens is 293 g/mol. The zero-order valence-electron chi connectivity index (χ0n) is 7.55. The van der Waals surface area contributed by atoms with Gasteiger partial charge in [-0.2, -0.15) is 13.6 Å². The molecule has 0 spiro atoms. The van der Waals surface area contributed by atoms with Crippen LogP contribution in [0.1, 0.15) is 27.7 Å². The maximum absolute atomic E-state index is 4.13. The van der Waals surface area contributed by atoms with Gasteiger partial charge in [0, 0.05) is 0 Å². The van der Waals surface area contributed by atoms with Crippen molar-refractivity contribution < 1.29 is 20.9 Å². The van der Waals surface area contributed by atoms with Crippen molar-refractivity contribution in [3.63, 3.8) is 0 Å². The summed E-state index contributed by atoms with van der Waals surface area (Å²) in [6, 6.07) is 0. The Labute approximate surface area is 76.6 Å². The Kier molecular flexibility index (Phi) is 9.98. The molecule has 0 aromatic rings. The second kappa shape index (κ2) is 7.61. The summed E-state index contributed by atoms with van der Waals surface area (Å²) in [5.74, 6) is 0. The summed E-state index contributed by atoms with van der Waals surface area (Å²) in [5.41, 5.74) is 0.216. The van der Waals surface area contributed by atoms with E-state index in [-0.39, 0.29) is 5.54 Å². The standard InChI is InChI=1S/C4H9N.C3H8N.Ta/c1-4(2,3)5;1-3-4-2;/h1-3H3;3H2,1-2H3;/q;-1;. The summed E-state index contributed by atoms with van der Waals surface area (Å²) in [7, 11) is 1.81. The predicted octanol–water partition coefficient (Wildman–Crippen LogP) is 2.53. The first-order valence-electron chi connectivity index (χ1n) is 3.39. The average Bonchev–Trinajstić information content (AvgIpc) is 1.87. The van der Waals surface area contributed by atoms with Crippen LogP contribution in [0, 0.1) is 0 Å². The van der Waals surface area contributed by atoms with Gasteiger partial charge in [0.2, 0.25) is 0 Å². The molecule has 0 saturated heterocycles. The van der Waals surface area contributed by atoms with E-state index in [1.807, 2.05) is 6.92 Å². The Hall–Kier alpha value is 0.500. The summed E-state index contributed by atoms with van der Waals surface area (Å²) in [6.45, 7) is 9.27. The van der Waals surface area contributed by atoms with Crippen molar-refractivity contribution in [2.24, 2.45) is 3.34 Å². The van der Waals surface area contributed by atoms with E-state index in [2.05, 4.69) is 29.4 Å². The summed E-state index contributed by atoms with van der Waals surface area (Å²) in [5, 5.41) is 3.74. The molecule has 10 heavy (non-hydrogen) atoms. The molecule has 0 saturated carbocycles. The largest absolute Gasteiger partial charge is 0.665 e. The Morgan fingerprint density at radius 3 is 1.60 bits per heavy atom. The molecule has 0 radical (unpaired) electrons. The molecule has 0 amide bonds. The topological polar surface area (TPSA) is 26.5 Å². The molecule has 0 atom stereocenters. The fourth-order valence-electron chi connectivity index (χ4n) is 0. The minimum Gasteiger partial charge on any atom is -0.665 e. The van der Waals surface area contributed by atoms with E-state index in [1.54, 1.807) is 7.05 Å². The molecule has 0 aromatic carbocycles. The van der Waals surface area contributed by atoms with E-state index in [0.717, 1.165) is 27.4 Å². The zero-order valence-corrected chi connectivity index (χ0v) is 10.8. The Morgan fingerprint density at radius 1 is 1.40 bits per heavy atom. The van der Waals surface area contributed by atoms with E-state index in [0.29, 0.717) is 0 Å². The van der Waals surface area contributed by atoms with Gasteiger partial charge in [-0.15, -0.1) is 0 Å². The molecule has 0 bridgehead atoms. The first kappa shape index (κ1) is 13.1. The van der Waals surface area contributed by atoms with Gasteiger partial charge in [-0.1, -0.05) is 6.92 Å². The molecule has 2 nitrogen and oxygen atoms in total. The number of rotatable bonds is 1. The van der Waals surface area contributed by atoms with Gasteiger partial charge < -0.3 is 5.32 Å². The maximum Gasteiger partial charge on any atom is -0.0844 e. The van der Waals surface area contributed by atoms with Gasteiger partial charge in [-0.25, -0.2) is 0 Å². The van der Waals surface area contributed by atoms with Crippen LogP contribution in [0.3, 0.4) is 0 Å². The van der Waals surface area contributed by atoms with Crippen molar-refractivity contribution in [2.45, 2.75) is 33.2 Å². The van der Waals surface area contributed by atoms with Crippen molar-refractivity contribution in [3.8, 4) is 0 Å². The SMILES string of the molecule is CC(C)(C)[N]=[Ta].CC[N-]C. The normalized spacial score (nSPS) is 9.60. The number of hydrogen-bond acceptors (Lipinski definition) is 1. The Bertz CT molecular complexity index is 74.2. The van der Waals surface area contributed by atoms with Gasteiger partial charge in [0.05, 0.1) is 0 Å². The third-order valence-electron chi connectivity index (χ3n) is 0.616. The van der Waals surface area contributed by atoms with Crippen LogP contribution in [0.5, 0.6) is 0 Å². The predicted molar refractivity (Wildman–Crippen MR) is 42.0 cm³/mol. The van der Waals surface area contributed by atoms with Crippen LogP contribution in [0.4, 0.5) is 0 Å². The molecule has 61 valence electrons. The fraction of sp³-hybridized carbons (Fsp3) is 1.00. The van der Waals surface area contributed by atoms with Gasteiger partial charge in [-0.3, -0.25) is 0 Å². The summed E-state index contributed by atoms with van der Waals surface area (Å²) in [6.07, 6.45) is 0. The van der Waals surface area contributed by atoms with Gasteiger partial charge >= 0.3 is 50.5 Å². The van der Waals surface area contributed by atoms with Crippen molar-refractivity contribution >= 4 is 0 Å². The van der Waals surface area contributed by atoms with Crippen LogP contribution < -0.4 is 0 Å². The molecule has 3 heteroatoms. The monoisotopic (exact) mass is 310 g/mol. The van der Waals surface area contributed by atoms with Crippen LogP contribution >= 0.6 is 0 Å². The van der Waals surface area contributed by atoms with Gasteiger partial charge in [0.25, 0.3) is 0 Å². The minimum absolute atomic E-state index is 0.216. The number of nitrogens with zero attached hydrogens (tertiary/aromatic N) is 2. The summed E-state index contributed by atoms with van der Waals surface area (Å²) >= 11 is 1.15. The van der Waals surface area contributed by atoms with Crippen LogP contribution in [-0.2, 0) is 20.9 Å². The van der Waals surface area contributed by atoms with E-state index < -0.39 is 0 Å². The summed E-state index contributed by atoms with van der Waals surface area (Å²) in [4.78, 5) is 0. The van der Waals surface area contributed by atoms with E-state index in [9.17, 15) is 0 Å². The van der Waals surface area contributed by atoms with Gasteiger partial charge in [-0.05, 0) is 0 Å². The first-order chi connectivity index (χ1) is 4.47. The van der Waals surface area contributed by atoms with Crippen molar-refractivity contribution in [1.82, 2.24) is 0 Å². The van der Waals surface area contributed by atoms with Crippen LogP contribution in [-0.4, -0.2) is 19.1 Å². The Balaban J connectivity index is 0. The smallest absolute Gasteiger partial charge is 0.0844 e. The third-order valence-corrected chi connectivity index (χ3v) is 2.77. The van der Waals surface area contributed by atoms with Crippen molar-refractivity contribution in [2.75, 3.05) is 13.6 Å². The van der Waals surface area contributed by atoms with Crippen molar-refractivity contribution in [3.05, 3.63) is 5.32 Å². The summed E-state index contributed by atoms with van der Waals surface area (Å²) < 4.78 is 4.13. The second-order valence-corrected chi connectivity index (χ2v) is 3.62. The zero-order chi connectivity index (χ0) is 8.62. The van der Waals surface area contributed by atoms with Crippen LogP contribution in [0.25, 0.3) is 5.32 Å². The van der Waals surface area contributed by atoms with Gasteiger partial charge in [0.15, 0.2) is 0 Å². The number of hydrogen-bond donors (Lipinski definition) is 0. The molecular formula is C7H17N2Ta-. The quantitative estimate of drug-likeness (QED) is 0.711. The molecule has 0 rings (SSSR count). The Morgan fingerprint density at radius 2 is 1.60 bits per heavy atom. The van der Waals surface area contributed by atoms with E-state index in [4.69, 9.17) is 0 Å². The minimum atomic E-state index is 0.216. The molecule has 0 N–H and O–H groups in total.